The van der Waals surface area contributed by atoms with E-state index in [-0.39, 0.29) is 24.9 Å². The topological polar surface area (TPSA) is 116 Å². The summed E-state index contributed by atoms with van der Waals surface area (Å²) < 4.78 is 0. The molecule has 0 saturated carbocycles. The molecule has 4 N–H and O–H groups in total. The maximum absolute atomic E-state index is 11.4. The molecule has 0 unspecified atom stereocenters. The Morgan fingerprint density at radius 1 is 1.00 bits per heavy atom. The summed E-state index contributed by atoms with van der Waals surface area (Å²) in [7, 11) is 1.45. The Morgan fingerprint density at radius 3 is 2.06 bits per heavy atom. The zero-order valence-electron chi connectivity index (χ0n) is 10.6. The van der Waals surface area contributed by atoms with Crippen LogP contribution in [0.4, 0.5) is 0 Å². The number of hydrogen-bond donors (Lipinski definition) is 4. The van der Waals surface area contributed by atoms with Crippen LogP contribution in [-0.2, 0) is 19.2 Å². The molecule has 18 heavy (non-hydrogen) atoms. The van der Waals surface area contributed by atoms with E-state index in [1.807, 2.05) is 0 Å². The van der Waals surface area contributed by atoms with E-state index in [4.69, 9.17) is 0 Å². The Labute approximate surface area is 105 Å². The molecule has 0 fully saturated rings. The zero-order chi connectivity index (χ0) is 14.1. The molecule has 0 rings (SSSR count). The highest BCUT2D eigenvalue weighted by atomic mass is 16.2. The molecule has 0 aromatic carbocycles. The normalized spacial score (nSPS) is 11.1. The first-order valence-electron chi connectivity index (χ1n) is 5.39. The number of nitrogens with one attached hydrogen (secondary N) is 4. The van der Waals surface area contributed by atoms with E-state index < -0.39 is 17.9 Å². The molecule has 8 heteroatoms. The highest BCUT2D eigenvalue weighted by Crippen LogP contribution is 1.81. The molecule has 0 aromatic rings. The minimum absolute atomic E-state index is 0.146. The quantitative estimate of drug-likeness (QED) is 0.421. The lowest BCUT2D eigenvalue weighted by atomic mass is 10.3. The lowest BCUT2D eigenvalue weighted by Crippen LogP contribution is -2.47. The minimum atomic E-state index is -0.714. The zero-order valence-corrected chi connectivity index (χ0v) is 10.6. The monoisotopic (exact) mass is 258 g/mol. The highest BCUT2D eigenvalue weighted by Gasteiger charge is 2.14. The van der Waals surface area contributed by atoms with Gasteiger partial charge in [-0.25, -0.2) is 0 Å². The second-order valence-corrected chi connectivity index (χ2v) is 3.59. The van der Waals surface area contributed by atoms with Gasteiger partial charge in [-0.1, -0.05) is 0 Å². The number of carbonyl (C=O) groups excluding carboxylic acids is 4. The fourth-order valence-corrected chi connectivity index (χ4v) is 1.02. The van der Waals surface area contributed by atoms with Crippen LogP contribution < -0.4 is 21.3 Å². The number of hydrogen-bond acceptors (Lipinski definition) is 4. The molecule has 4 amide bonds. The third-order valence-electron chi connectivity index (χ3n) is 1.96. The van der Waals surface area contributed by atoms with Crippen LogP contribution in [0.3, 0.4) is 0 Å². The van der Waals surface area contributed by atoms with Gasteiger partial charge in [0.25, 0.3) is 0 Å². The maximum atomic E-state index is 11.4. The standard InChI is InChI=1S/C10H18N4O4/c1-6(14-7(2)15)10(18)13-5-9(17)12-4-8(16)11-3/h6H,4-5H2,1-3H3,(H,11,16)(H,12,17)(H,13,18)(H,14,15)/t6-/m0/s1. The van der Waals surface area contributed by atoms with Crippen LogP contribution in [0.2, 0.25) is 0 Å². The van der Waals surface area contributed by atoms with Gasteiger partial charge in [-0.15, -0.1) is 0 Å². The Bertz CT molecular complexity index is 343. The van der Waals surface area contributed by atoms with Crippen molar-refractivity contribution in [2.45, 2.75) is 19.9 Å². The van der Waals surface area contributed by atoms with Gasteiger partial charge < -0.3 is 21.3 Å². The number of rotatable bonds is 6. The summed E-state index contributed by atoms with van der Waals surface area (Å²) in [6.45, 7) is 2.39. The van der Waals surface area contributed by atoms with Crippen LogP contribution in [-0.4, -0.2) is 49.8 Å². The Kier molecular flexibility index (Phi) is 7.10. The number of likely N-dealkylation sites (N-methyl/N-ethyl adjacent to an activating group) is 1. The van der Waals surface area contributed by atoms with Gasteiger partial charge in [-0.05, 0) is 6.92 Å². The first-order chi connectivity index (χ1) is 8.36. The summed E-state index contributed by atoms with van der Waals surface area (Å²) in [6, 6.07) is -0.714. The number of carbonyl (C=O) groups is 4. The molecule has 0 heterocycles. The van der Waals surface area contributed by atoms with Crippen molar-refractivity contribution in [3.63, 3.8) is 0 Å². The molecular weight excluding hydrogens is 240 g/mol. The lowest BCUT2D eigenvalue weighted by molar-refractivity contribution is -0.129. The smallest absolute Gasteiger partial charge is 0.242 e. The van der Waals surface area contributed by atoms with Crippen molar-refractivity contribution < 1.29 is 19.2 Å². The molecule has 0 radical (unpaired) electrons. The van der Waals surface area contributed by atoms with Crippen LogP contribution in [0.5, 0.6) is 0 Å². The fourth-order valence-electron chi connectivity index (χ4n) is 1.02. The van der Waals surface area contributed by atoms with Gasteiger partial charge in [0.05, 0.1) is 13.1 Å². The van der Waals surface area contributed by atoms with Gasteiger partial charge in [0.2, 0.25) is 23.6 Å². The summed E-state index contributed by atoms with van der Waals surface area (Å²) >= 11 is 0. The Hall–Kier alpha value is -2.12. The molecular formula is C10H18N4O4. The SMILES string of the molecule is CNC(=O)CNC(=O)CNC(=O)[C@H](C)NC(C)=O. The Morgan fingerprint density at radius 2 is 1.56 bits per heavy atom. The van der Waals surface area contributed by atoms with E-state index in [9.17, 15) is 19.2 Å². The van der Waals surface area contributed by atoms with E-state index in [0.29, 0.717) is 0 Å². The third-order valence-corrected chi connectivity index (χ3v) is 1.96. The van der Waals surface area contributed by atoms with Crippen molar-refractivity contribution in [3.05, 3.63) is 0 Å². The number of amides is 4. The predicted molar refractivity (Wildman–Crippen MR) is 63.4 cm³/mol. The van der Waals surface area contributed by atoms with Gasteiger partial charge in [0.15, 0.2) is 0 Å². The predicted octanol–water partition coefficient (Wildman–Crippen LogP) is -2.51. The van der Waals surface area contributed by atoms with Gasteiger partial charge in [0.1, 0.15) is 6.04 Å². The van der Waals surface area contributed by atoms with E-state index >= 15 is 0 Å². The van der Waals surface area contributed by atoms with Crippen molar-refractivity contribution in [2.24, 2.45) is 0 Å². The van der Waals surface area contributed by atoms with Crippen molar-refractivity contribution in [1.29, 1.82) is 0 Å². The van der Waals surface area contributed by atoms with Gasteiger partial charge in [-0.2, -0.15) is 0 Å². The van der Waals surface area contributed by atoms with Crippen molar-refractivity contribution in [1.82, 2.24) is 21.3 Å². The average Bonchev–Trinajstić information content (AvgIpc) is 2.31. The van der Waals surface area contributed by atoms with E-state index in [1.54, 1.807) is 0 Å². The Balaban J connectivity index is 3.87. The second-order valence-electron chi connectivity index (χ2n) is 3.59. The summed E-state index contributed by atoms with van der Waals surface area (Å²) in [5, 5.41) is 9.36. The molecule has 0 aliphatic heterocycles. The molecule has 0 bridgehead atoms. The van der Waals surface area contributed by atoms with Crippen molar-refractivity contribution in [2.75, 3.05) is 20.1 Å². The van der Waals surface area contributed by atoms with Crippen molar-refractivity contribution in [3.8, 4) is 0 Å². The van der Waals surface area contributed by atoms with Crippen LogP contribution in [0.1, 0.15) is 13.8 Å². The van der Waals surface area contributed by atoms with E-state index in [2.05, 4.69) is 21.3 Å². The molecule has 0 aliphatic carbocycles. The average molecular weight is 258 g/mol. The molecule has 102 valence electrons. The van der Waals surface area contributed by atoms with E-state index in [1.165, 1.54) is 20.9 Å². The molecule has 0 saturated heterocycles. The largest absolute Gasteiger partial charge is 0.358 e. The van der Waals surface area contributed by atoms with Crippen molar-refractivity contribution >= 4 is 23.6 Å². The fraction of sp³-hybridized carbons (Fsp3) is 0.600. The molecule has 1 atom stereocenters. The van der Waals surface area contributed by atoms with Crippen LogP contribution in [0, 0.1) is 0 Å². The molecule has 8 nitrogen and oxygen atoms in total. The van der Waals surface area contributed by atoms with E-state index in [0.717, 1.165) is 0 Å². The summed E-state index contributed by atoms with van der Waals surface area (Å²) in [5.74, 6) is -1.62. The van der Waals surface area contributed by atoms with Gasteiger partial charge in [0, 0.05) is 14.0 Å². The summed E-state index contributed by atoms with van der Waals surface area (Å²) in [4.78, 5) is 44.1. The second kappa shape index (κ2) is 8.04. The lowest BCUT2D eigenvalue weighted by Gasteiger charge is -2.12. The molecule has 0 aromatic heterocycles. The maximum Gasteiger partial charge on any atom is 0.242 e. The molecule has 0 spiro atoms. The summed E-state index contributed by atoms with van der Waals surface area (Å²) in [5.41, 5.74) is 0. The van der Waals surface area contributed by atoms with Gasteiger partial charge >= 0.3 is 0 Å². The van der Waals surface area contributed by atoms with Gasteiger partial charge in [-0.3, -0.25) is 19.2 Å². The first-order valence-corrected chi connectivity index (χ1v) is 5.39. The minimum Gasteiger partial charge on any atom is -0.358 e. The summed E-state index contributed by atoms with van der Waals surface area (Å²) in [6.07, 6.45) is 0. The third kappa shape index (κ3) is 7.20. The highest BCUT2D eigenvalue weighted by molar-refractivity contribution is 5.91. The first kappa shape index (κ1) is 15.9. The van der Waals surface area contributed by atoms with Crippen LogP contribution >= 0.6 is 0 Å². The van der Waals surface area contributed by atoms with Crippen LogP contribution in [0.25, 0.3) is 0 Å². The molecule has 0 aliphatic rings. The van der Waals surface area contributed by atoms with Crippen LogP contribution in [0.15, 0.2) is 0 Å².